The Bertz CT molecular complexity index is 1920. The number of allylic oxidation sites excluding steroid dienone is 17. The number of rotatable bonds is 42. The minimum Gasteiger partial charge on any atom is -0.394 e. The third kappa shape index (κ3) is 28.1. The predicted octanol–water partition coefficient (Wildman–Crippen LogP) is 5.53. The molecule has 0 radical (unpaired) electrons. The maximum absolute atomic E-state index is 13.3. The quantitative estimate of drug-likeness (QED) is 0.0264. The average Bonchev–Trinajstić information content (AvgIpc) is 3.39. The summed E-state index contributed by atoms with van der Waals surface area (Å²) in [5, 5.41) is 120. The van der Waals surface area contributed by atoms with E-state index in [-0.39, 0.29) is 12.3 Å². The highest BCUT2D eigenvalue weighted by molar-refractivity contribution is 5.76. The molecule has 3 rings (SSSR count). The summed E-state index contributed by atoms with van der Waals surface area (Å²) < 4.78 is 34.2. The van der Waals surface area contributed by atoms with Gasteiger partial charge in [-0.1, -0.05) is 168 Å². The second kappa shape index (κ2) is 44.9. The van der Waals surface area contributed by atoms with Crippen LogP contribution in [0.3, 0.4) is 0 Å². The van der Waals surface area contributed by atoms with Gasteiger partial charge in [-0.05, 0) is 83.5 Å². The van der Waals surface area contributed by atoms with Crippen molar-refractivity contribution >= 4 is 5.91 Å². The SMILES string of the molecule is CC/C=C\C/C=C\C/C=C\C/C=C\C/C=C\C/C=C\CCC(=O)NC(COC1OC(CO)C(OC2OC(CO)C(OC3OC(CO)C(O)C(O)C3O)C(O)C2O)C(O)C1O)C(O)/C=C/CC/C=C/CC/C=C/CCCCCCCCCC. The van der Waals surface area contributed by atoms with Gasteiger partial charge in [-0.2, -0.15) is 0 Å². The van der Waals surface area contributed by atoms with Gasteiger partial charge in [-0.3, -0.25) is 4.79 Å². The van der Waals surface area contributed by atoms with Crippen LogP contribution in [0.15, 0.2) is 109 Å². The number of carbonyl (C=O) groups is 1. The second-order valence-corrected chi connectivity index (χ2v) is 21.1. The smallest absolute Gasteiger partial charge is 0.220 e. The van der Waals surface area contributed by atoms with Crippen LogP contribution in [0.2, 0.25) is 0 Å². The van der Waals surface area contributed by atoms with E-state index in [1.54, 1.807) is 12.2 Å². The van der Waals surface area contributed by atoms with E-state index in [1.165, 1.54) is 51.4 Å². The van der Waals surface area contributed by atoms with Crippen molar-refractivity contribution in [2.75, 3.05) is 26.4 Å². The number of hydrogen-bond donors (Lipinski definition) is 12. The van der Waals surface area contributed by atoms with E-state index in [9.17, 15) is 61.0 Å². The number of ether oxygens (including phenoxy) is 6. The first-order chi connectivity index (χ1) is 39.8. The van der Waals surface area contributed by atoms with Crippen molar-refractivity contribution < 1.29 is 89.4 Å². The lowest BCUT2D eigenvalue weighted by molar-refractivity contribution is -0.379. The van der Waals surface area contributed by atoms with Gasteiger partial charge in [0.05, 0.1) is 38.6 Å². The van der Waals surface area contributed by atoms with Gasteiger partial charge < -0.3 is 89.9 Å². The van der Waals surface area contributed by atoms with Crippen LogP contribution in [0, 0.1) is 0 Å². The number of aliphatic hydroxyl groups excluding tert-OH is 11. The van der Waals surface area contributed by atoms with Crippen LogP contribution in [-0.4, -0.2) is 193 Å². The third-order valence-electron chi connectivity index (χ3n) is 14.3. The predicted molar refractivity (Wildman–Crippen MR) is 313 cm³/mol. The summed E-state index contributed by atoms with van der Waals surface area (Å²) in [6, 6.07) is -1.04. The summed E-state index contributed by atoms with van der Waals surface area (Å²) in [5.41, 5.74) is 0. The zero-order valence-electron chi connectivity index (χ0n) is 48.7. The largest absolute Gasteiger partial charge is 0.394 e. The van der Waals surface area contributed by atoms with Crippen LogP contribution >= 0.6 is 0 Å². The third-order valence-corrected chi connectivity index (χ3v) is 14.3. The zero-order valence-corrected chi connectivity index (χ0v) is 48.7. The molecule has 0 aliphatic carbocycles. The molecule has 3 aliphatic rings. The van der Waals surface area contributed by atoms with Gasteiger partial charge in [0.25, 0.3) is 0 Å². The Hall–Kier alpha value is -3.55. The first-order valence-electron chi connectivity index (χ1n) is 30.1. The molecule has 19 heteroatoms. The van der Waals surface area contributed by atoms with Crippen molar-refractivity contribution in [3.05, 3.63) is 109 Å². The molecule has 0 bridgehead atoms. The van der Waals surface area contributed by atoms with E-state index in [0.717, 1.165) is 57.8 Å². The minimum absolute atomic E-state index is 0.0999. The first-order valence-corrected chi connectivity index (χ1v) is 30.1. The Morgan fingerprint density at radius 3 is 1.35 bits per heavy atom. The molecule has 1 amide bonds. The average molecular weight is 1160 g/mol. The van der Waals surface area contributed by atoms with E-state index in [2.05, 4.69) is 104 Å². The van der Waals surface area contributed by atoms with Gasteiger partial charge in [0.2, 0.25) is 5.91 Å². The number of carbonyl (C=O) groups excluding carboxylic acids is 1. The van der Waals surface area contributed by atoms with Crippen LogP contribution in [0.4, 0.5) is 0 Å². The van der Waals surface area contributed by atoms with E-state index in [4.69, 9.17) is 28.4 Å². The molecule has 0 aromatic carbocycles. The van der Waals surface area contributed by atoms with E-state index in [1.807, 2.05) is 12.2 Å². The van der Waals surface area contributed by atoms with Gasteiger partial charge in [-0.15, -0.1) is 0 Å². The van der Waals surface area contributed by atoms with E-state index in [0.29, 0.717) is 19.3 Å². The Morgan fingerprint density at radius 1 is 0.451 bits per heavy atom. The fourth-order valence-corrected chi connectivity index (χ4v) is 9.36. The highest BCUT2D eigenvalue weighted by Gasteiger charge is 2.53. The first kappa shape index (κ1) is 72.7. The van der Waals surface area contributed by atoms with Gasteiger partial charge in [-0.25, -0.2) is 0 Å². The molecular weight excluding hydrogens is 1060 g/mol. The Balaban J connectivity index is 1.55. The number of hydrogen-bond acceptors (Lipinski definition) is 18. The van der Waals surface area contributed by atoms with E-state index < -0.39 is 131 Å². The fourth-order valence-electron chi connectivity index (χ4n) is 9.36. The number of aliphatic hydroxyl groups is 11. The molecule has 17 atom stereocenters. The van der Waals surface area contributed by atoms with Gasteiger partial charge >= 0.3 is 0 Å². The molecule has 17 unspecified atom stereocenters. The fraction of sp³-hybridized carbons (Fsp3) is 0.698. The Kier molecular flexibility index (Phi) is 39.8. The molecule has 0 saturated carbocycles. The van der Waals surface area contributed by atoms with Gasteiger partial charge in [0, 0.05) is 6.42 Å². The number of nitrogens with one attached hydrogen (secondary N) is 1. The molecule has 3 saturated heterocycles. The molecule has 3 aliphatic heterocycles. The maximum atomic E-state index is 13.3. The Labute approximate surface area is 487 Å². The summed E-state index contributed by atoms with van der Waals surface area (Å²) in [4.78, 5) is 13.3. The molecule has 3 heterocycles. The van der Waals surface area contributed by atoms with Crippen LogP contribution in [0.25, 0.3) is 0 Å². The topological polar surface area (TPSA) is 307 Å². The van der Waals surface area contributed by atoms with Crippen molar-refractivity contribution in [1.29, 1.82) is 0 Å². The van der Waals surface area contributed by atoms with Gasteiger partial charge in [0.1, 0.15) is 73.2 Å². The molecule has 19 nitrogen and oxygen atoms in total. The number of amides is 1. The molecule has 0 aromatic rings. The maximum Gasteiger partial charge on any atom is 0.220 e. The molecule has 12 N–H and O–H groups in total. The number of unbranched alkanes of at least 4 members (excludes halogenated alkanes) is 10. The monoisotopic (exact) mass is 1160 g/mol. The Morgan fingerprint density at radius 2 is 0.854 bits per heavy atom. The zero-order chi connectivity index (χ0) is 59.7. The van der Waals surface area contributed by atoms with Crippen molar-refractivity contribution in [3.63, 3.8) is 0 Å². The molecule has 82 heavy (non-hydrogen) atoms. The molecule has 0 spiro atoms. The summed E-state index contributed by atoms with van der Waals surface area (Å²) >= 11 is 0. The van der Waals surface area contributed by atoms with Crippen molar-refractivity contribution in [2.24, 2.45) is 0 Å². The summed E-state index contributed by atoms with van der Waals surface area (Å²) in [6.45, 7) is 1.49. The minimum atomic E-state index is -1.99. The lowest BCUT2D eigenvalue weighted by Gasteiger charge is -2.48. The normalized spacial score (nSPS) is 30.4. The highest BCUT2D eigenvalue weighted by Crippen LogP contribution is 2.33. The van der Waals surface area contributed by atoms with Crippen LogP contribution in [0.1, 0.15) is 149 Å². The lowest BCUT2D eigenvalue weighted by atomic mass is 9.96. The van der Waals surface area contributed by atoms with E-state index >= 15 is 0 Å². The summed E-state index contributed by atoms with van der Waals surface area (Å²) in [7, 11) is 0. The molecule has 468 valence electrons. The van der Waals surface area contributed by atoms with Crippen molar-refractivity contribution in [2.45, 2.75) is 253 Å². The second-order valence-electron chi connectivity index (χ2n) is 21.1. The highest BCUT2D eigenvalue weighted by atomic mass is 16.8. The van der Waals surface area contributed by atoms with Crippen LogP contribution in [-0.2, 0) is 33.2 Å². The van der Waals surface area contributed by atoms with Crippen molar-refractivity contribution in [1.82, 2.24) is 5.32 Å². The molecule has 0 aromatic heterocycles. The molecular formula is C63H103NO18. The lowest BCUT2D eigenvalue weighted by Crippen LogP contribution is -2.66. The standard InChI is InChI=1S/C63H103NO18/c1-3-5-7-9-11-13-15-17-19-21-23-25-27-29-31-33-35-37-39-41-51(69)64-46(47(68)40-38-36-34-32-30-28-26-24-22-20-18-16-14-12-10-8-6-4-2)45-77-61-57(75)54(72)59(49(43-66)79-61)82-63-58(76)55(73)60(50(44-67)80-63)81-62-56(74)53(71)52(70)48(42-65)78-62/h5,7,11,13,17,19,22-25,29-32,35,37-38,40,46-50,52-63,65-68,70-76H,3-4,6,8-10,12,14-16,18,20-21,26-28,33-34,36,39,41-45H2,1-2H3,(H,64,69)/b7-5-,13-11-,19-17-,24-22+,25-23-,31-29-,32-30+,37-35-,40-38+. The molecule has 3 fully saturated rings. The van der Waals surface area contributed by atoms with Crippen LogP contribution < -0.4 is 5.32 Å². The summed E-state index contributed by atoms with van der Waals surface area (Å²) in [6.07, 6.45) is 30.8. The van der Waals surface area contributed by atoms with Crippen LogP contribution in [0.5, 0.6) is 0 Å². The van der Waals surface area contributed by atoms with Crippen molar-refractivity contribution in [3.8, 4) is 0 Å². The van der Waals surface area contributed by atoms with Gasteiger partial charge in [0.15, 0.2) is 18.9 Å². The summed E-state index contributed by atoms with van der Waals surface area (Å²) in [5.74, 6) is -0.377.